The molecule has 0 amide bonds. The van der Waals surface area contributed by atoms with Crippen molar-refractivity contribution in [3.63, 3.8) is 0 Å². The molecule has 1 aromatic heterocycles. The number of halogens is 1. The van der Waals surface area contributed by atoms with E-state index in [9.17, 15) is 0 Å². The molecule has 0 aliphatic carbocycles. The molecule has 1 aromatic carbocycles. The number of hydrogen-bond donors (Lipinski definition) is 0. The van der Waals surface area contributed by atoms with E-state index in [1.54, 1.807) is 7.11 Å². The van der Waals surface area contributed by atoms with Crippen molar-refractivity contribution < 1.29 is 4.74 Å². The normalized spacial score (nSPS) is 10.5. The first-order valence-corrected chi connectivity index (χ1v) is 7.24. The molecule has 0 aliphatic rings. The van der Waals surface area contributed by atoms with Gasteiger partial charge < -0.3 is 4.74 Å². The summed E-state index contributed by atoms with van der Waals surface area (Å²) in [6.45, 7) is 2.19. The minimum atomic E-state index is 0.883. The number of benzene rings is 1. The van der Waals surface area contributed by atoms with Crippen LogP contribution in [0.5, 0.6) is 5.75 Å². The number of hydrogen-bond acceptors (Lipinski definition) is 2. The van der Waals surface area contributed by atoms with Gasteiger partial charge in [-0.2, -0.15) is 0 Å². The van der Waals surface area contributed by atoms with Gasteiger partial charge in [-0.15, -0.1) is 11.3 Å². The molecule has 90 valence electrons. The number of aryl methyl sites for hydroxylation is 1. The minimum Gasteiger partial charge on any atom is -0.496 e. The van der Waals surface area contributed by atoms with Crippen molar-refractivity contribution >= 4 is 27.3 Å². The molecular weight excluding hydrogens is 296 g/mol. The summed E-state index contributed by atoms with van der Waals surface area (Å²) in [4.78, 5) is 2.87. The molecule has 0 fully saturated rings. The van der Waals surface area contributed by atoms with Crippen LogP contribution < -0.4 is 4.74 Å². The van der Waals surface area contributed by atoms with E-state index in [1.165, 1.54) is 15.3 Å². The average molecular weight is 311 g/mol. The standard InChI is InChI=1S/C14H15BrOS/c1-3-11-5-6-12(17-11)8-10-4-7-14(16-2)13(15)9-10/h4-7,9H,3,8H2,1-2H3. The SMILES string of the molecule is CCc1ccc(Cc2ccc(OC)c(Br)c2)s1. The van der Waals surface area contributed by atoms with Crippen LogP contribution in [-0.4, -0.2) is 7.11 Å². The molecule has 0 atom stereocenters. The van der Waals surface area contributed by atoms with Crippen molar-refractivity contribution in [2.45, 2.75) is 19.8 Å². The first-order valence-electron chi connectivity index (χ1n) is 5.63. The Morgan fingerprint density at radius 2 is 1.94 bits per heavy atom. The molecule has 0 spiro atoms. The number of rotatable bonds is 4. The Labute approximate surface area is 115 Å². The van der Waals surface area contributed by atoms with Gasteiger partial charge in [-0.25, -0.2) is 0 Å². The molecule has 3 heteroatoms. The first-order chi connectivity index (χ1) is 8.22. The lowest BCUT2D eigenvalue weighted by atomic mass is 10.1. The molecule has 0 N–H and O–H groups in total. The molecule has 1 heterocycles. The average Bonchev–Trinajstić information content (AvgIpc) is 2.77. The van der Waals surface area contributed by atoms with E-state index in [1.807, 2.05) is 17.4 Å². The Hall–Kier alpha value is -0.800. The van der Waals surface area contributed by atoms with Gasteiger partial charge in [0.25, 0.3) is 0 Å². The Bertz CT molecular complexity index is 505. The van der Waals surface area contributed by atoms with E-state index in [0.717, 1.165) is 23.1 Å². The summed E-state index contributed by atoms with van der Waals surface area (Å²) in [7, 11) is 1.69. The third-order valence-electron chi connectivity index (χ3n) is 2.66. The van der Waals surface area contributed by atoms with Gasteiger partial charge in [0.05, 0.1) is 11.6 Å². The molecule has 17 heavy (non-hydrogen) atoms. The highest BCUT2D eigenvalue weighted by molar-refractivity contribution is 9.10. The highest BCUT2D eigenvalue weighted by atomic mass is 79.9. The molecule has 0 saturated carbocycles. The van der Waals surface area contributed by atoms with Crippen LogP contribution in [0.1, 0.15) is 22.2 Å². The van der Waals surface area contributed by atoms with Gasteiger partial charge in [0, 0.05) is 16.2 Å². The van der Waals surface area contributed by atoms with E-state index in [0.29, 0.717) is 0 Å². The fourth-order valence-corrected chi connectivity index (χ4v) is 3.31. The van der Waals surface area contributed by atoms with E-state index in [4.69, 9.17) is 4.74 Å². The Morgan fingerprint density at radius 1 is 1.18 bits per heavy atom. The lowest BCUT2D eigenvalue weighted by Crippen LogP contribution is -1.88. The topological polar surface area (TPSA) is 9.23 Å². The zero-order valence-electron chi connectivity index (χ0n) is 10.00. The summed E-state index contributed by atoms with van der Waals surface area (Å²) in [6, 6.07) is 10.7. The number of ether oxygens (including phenoxy) is 1. The maximum absolute atomic E-state index is 5.23. The molecular formula is C14H15BrOS. The van der Waals surface area contributed by atoms with Crippen molar-refractivity contribution in [2.75, 3.05) is 7.11 Å². The van der Waals surface area contributed by atoms with Gasteiger partial charge in [-0.05, 0) is 52.2 Å². The fourth-order valence-electron chi connectivity index (χ4n) is 1.73. The predicted molar refractivity (Wildman–Crippen MR) is 77.2 cm³/mol. The van der Waals surface area contributed by atoms with Crippen LogP contribution in [0, 0.1) is 0 Å². The lowest BCUT2D eigenvalue weighted by Gasteiger charge is -2.05. The first kappa shape index (κ1) is 12.7. The second-order valence-electron chi connectivity index (χ2n) is 3.87. The fraction of sp³-hybridized carbons (Fsp3) is 0.286. The Morgan fingerprint density at radius 3 is 2.53 bits per heavy atom. The van der Waals surface area contributed by atoms with Crippen LogP contribution in [-0.2, 0) is 12.8 Å². The molecule has 0 radical (unpaired) electrons. The van der Waals surface area contributed by atoms with Crippen molar-refractivity contribution in [1.82, 2.24) is 0 Å². The summed E-state index contributed by atoms with van der Waals surface area (Å²) < 4.78 is 6.25. The van der Waals surface area contributed by atoms with Crippen LogP contribution in [0.2, 0.25) is 0 Å². The lowest BCUT2D eigenvalue weighted by molar-refractivity contribution is 0.412. The second-order valence-corrected chi connectivity index (χ2v) is 5.97. The van der Waals surface area contributed by atoms with Gasteiger partial charge in [-0.3, -0.25) is 0 Å². The number of thiophene rings is 1. The summed E-state index contributed by atoms with van der Waals surface area (Å²) in [5, 5.41) is 0. The summed E-state index contributed by atoms with van der Waals surface area (Å²) in [5.74, 6) is 0.883. The van der Waals surface area contributed by atoms with Gasteiger partial charge >= 0.3 is 0 Å². The summed E-state index contributed by atoms with van der Waals surface area (Å²) in [6.07, 6.45) is 2.12. The summed E-state index contributed by atoms with van der Waals surface area (Å²) in [5.41, 5.74) is 1.31. The Kier molecular flexibility index (Phi) is 4.24. The zero-order chi connectivity index (χ0) is 12.3. The van der Waals surface area contributed by atoms with E-state index < -0.39 is 0 Å². The minimum absolute atomic E-state index is 0.883. The maximum Gasteiger partial charge on any atom is 0.133 e. The second kappa shape index (κ2) is 5.69. The predicted octanol–water partition coefficient (Wildman–Crippen LogP) is 4.67. The highest BCUT2D eigenvalue weighted by Gasteiger charge is 2.04. The molecule has 2 rings (SSSR count). The van der Waals surface area contributed by atoms with Crippen molar-refractivity contribution in [3.05, 3.63) is 50.1 Å². The maximum atomic E-state index is 5.23. The van der Waals surface area contributed by atoms with Gasteiger partial charge in [0.1, 0.15) is 5.75 Å². The molecule has 0 saturated heterocycles. The van der Waals surface area contributed by atoms with Crippen LogP contribution in [0.25, 0.3) is 0 Å². The summed E-state index contributed by atoms with van der Waals surface area (Å²) >= 11 is 5.41. The molecule has 1 nitrogen and oxygen atoms in total. The molecule has 0 unspecified atom stereocenters. The van der Waals surface area contributed by atoms with E-state index in [-0.39, 0.29) is 0 Å². The van der Waals surface area contributed by atoms with Crippen LogP contribution in [0.15, 0.2) is 34.8 Å². The van der Waals surface area contributed by atoms with Crippen LogP contribution in [0.4, 0.5) is 0 Å². The van der Waals surface area contributed by atoms with E-state index >= 15 is 0 Å². The third-order valence-corrected chi connectivity index (χ3v) is 4.51. The van der Waals surface area contributed by atoms with Gasteiger partial charge in [0.2, 0.25) is 0 Å². The zero-order valence-corrected chi connectivity index (χ0v) is 12.4. The molecule has 2 aromatic rings. The monoisotopic (exact) mass is 310 g/mol. The van der Waals surface area contributed by atoms with Gasteiger partial charge in [0.15, 0.2) is 0 Å². The molecule has 0 bridgehead atoms. The van der Waals surface area contributed by atoms with Crippen LogP contribution >= 0.6 is 27.3 Å². The smallest absolute Gasteiger partial charge is 0.133 e. The van der Waals surface area contributed by atoms with Crippen molar-refractivity contribution in [2.24, 2.45) is 0 Å². The largest absolute Gasteiger partial charge is 0.496 e. The van der Waals surface area contributed by atoms with Gasteiger partial charge in [-0.1, -0.05) is 13.0 Å². The third kappa shape index (κ3) is 3.11. The van der Waals surface area contributed by atoms with E-state index in [2.05, 4.69) is 47.1 Å². The Balaban J connectivity index is 2.15. The van der Waals surface area contributed by atoms with Crippen molar-refractivity contribution in [1.29, 1.82) is 0 Å². The van der Waals surface area contributed by atoms with Crippen LogP contribution in [0.3, 0.4) is 0 Å². The quantitative estimate of drug-likeness (QED) is 0.797. The van der Waals surface area contributed by atoms with Crippen molar-refractivity contribution in [3.8, 4) is 5.75 Å². The molecule has 0 aliphatic heterocycles. The highest BCUT2D eigenvalue weighted by Crippen LogP contribution is 2.27. The number of methoxy groups -OCH3 is 1.